The first-order valence-corrected chi connectivity index (χ1v) is 10.9. The quantitative estimate of drug-likeness (QED) is 0.383. The van der Waals surface area contributed by atoms with Crippen LogP contribution in [0, 0.1) is 0 Å². The highest BCUT2D eigenvalue weighted by atomic mass is 35.5. The van der Waals surface area contributed by atoms with Crippen LogP contribution < -0.4 is 10.6 Å². The summed E-state index contributed by atoms with van der Waals surface area (Å²) in [5.74, 6) is -0.969. The van der Waals surface area contributed by atoms with Crippen molar-refractivity contribution < 1.29 is 27.5 Å². The third-order valence-electron chi connectivity index (χ3n) is 3.67. The maximum absolute atomic E-state index is 12.9. The monoisotopic (exact) mass is 497 g/mol. The predicted molar refractivity (Wildman–Crippen MR) is 114 cm³/mol. The van der Waals surface area contributed by atoms with Crippen LogP contribution in [-0.4, -0.2) is 66.5 Å². The van der Waals surface area contributed by atoms with E-state index in [1.807, 2.05) is 0 Å². The second-order valence-electron chi connectivity index (χ2n) is 6.07. The number of nitrogens with zero attached hydrogens (tertiary/aromatic N) is 3. The minimum Gasteiger partial charge on any atom is -0.383 e. The Kier molecular flexibility index (Phi) is 9.34. The molecule has 0 fully saturated rings. The molecular weight excluding hydrogens is 479 g/mol. The van der Waals surface area contributed by atoms with Crippen molar-refractivity contribution in [1.29, 1.82) is 0 Å². The zero-order valence-corrected chi connectivity index (χ0v) is 18.8. The summed E-state index contributed by atoms with van der Waals surface area (Å²) < 4.78 is 44.2. The van der Waals surface area contributed by atoms with E-state index in [4.69, 9.17) is 16.3 Å². The van der Waals surface area contributed by atoms with E-state index in [1.54, 1.807) is 7.11 Å². The van der Waals surface area contributed by atoms with E-state index in [0.717, 1.165) is 12.1 Å². The average Bonchev–Trinajstić information content (AvgIpc) is 3.14. The van der Waals surface area contributed by atoms with Crippen LogP contribution in [0.5, 0.6) is 0 Å². The first kappa shape index (κ1) is 25.2. The number of carbonyl (C=O) groups excluding carboxylic acids is 2. The number of rotatable bonds is 10. The molecule has 8 nitrogen and oxygen atoms in total. The van der Waals surface area contributed by atoms with Gasteiger partial charge in [0.25, 0.3) is 0 Å². The zero-order chi connectivity index (χ0) is 23.0. The molecule has 2 rings (SSSR count). The number of halogens is 4. The molecule has 0 aliphatic rings. The zero-order valence-electron chi connectivity index (χ0n) is 16.5. The van der Waals surface area contributed by atoms with Gasteiger partial charge in [0, 0.05) is 26.4 Å². The highest BCUT2D eigenvalue weighted by Gasteiger charge is 2.33. The highest BCUT2D eigenvalue weighted by molar-refractivity contribution is 8.01. The Morgan fingerprint density at radius 1 is 1.32 bits per heavy atom. The number of amides is 2. The molecule has 0 saturated heterocycles. The summed E-state index contributed by atoms with van der Waals surface area (Å²) in [6.45, 7) is 0.759. The van der Waals surface area contributed by atoms with Crippen LogP contribution in [0.2, 0.25) is 5.02 Å². The maximum atomic E-state index is 12.9. The maximum Gasteiger partial charge on any atom is 0.417 e. The van der Waals surface area contributed by atoms with Crippen molar-refractivity contribution >= 4 is 57.3 Å². The Balaban J connectivity index is 1.82. The molecule has 0 aliphatic heterocycles. The van der Waals surface area contributed by atoms with E-state index in [9.17, 15) is 22.8 Å². The lowest BCUT2D eigenvalue weighted by atomic mass is 10.2. The number of aromatic nitrogens is 2. The van der Waals surface area contributed by atoms with Crippen LogP contribution in [0.1, 0.15) is 5.56 Å². The first-order chi connectivity index (χ1) is 14.6. The molecule has 1 aromatic heterocycles. The lowest BCUT2D eigenvalue weighted by Gasteiger charge is -2.17. The van der Waals surface area contributed by atoms with E-state index in [-0.39, 0.29) is 23.9 Å². The summed E-state index contributed by atoms with van der Waals surface area (Å²) in [4.78, 5) is 25.5. The number of methoxy groups -OCH3 is 1. The van der Waals surface area contributed by atoms with Crippen molar-refractivity contribution in [2.45, 2.75) is 10.5 Å². The summed E-state index contributed by atoms with van der Waals surface area (Å²) in [5, 5.41) is 13.4. The number of ether oxygens (including phenoxy) is 1. The highest BCUT2D eigenvalue weighted by Crippen LogP contribution is 2.36. The second kappa shape index (κ2) is 11.5. The van der Waals surface area contributed by atoms with Crippen LogP contribution in [-0.2, 0) is 20.5 Å². The summed E-state index contributed by atoms with van der Waals surface area (Å²) in [5.41, 5.74) is -1.12. The number of anilines is 2. The second-order valence-corrected chi connectivity index (χ2v) is 8.68. The van der Waals surface area contributed by atoms with Crippen molar-refractivity contribution in [3.05, 3.63) is 28.8 Å². The fourth-order valence-electron chi connectivity index (χ4n) is 2.16. The van der Waals surface area contributed by atoms with Crippen LogP contribution in [0.15, 0.2) is 22.5 Å². The van der Waals surface area contributed by atoms with Crippen LogP contribution in [0.25, 0.3) is 0 Å². The minimum absolute atomic E-state index is 0.0235. The third-order valence-corrected chi connectivity index (χ3v) is 6.00. The average molecular weight is 498 g/mol. The number of benzene rings is 1. The van der Waals surface area contributed by atoms with Crippen molar-refractivity contribution in [3.63, 3.8) is 0 Å². The van der Waals surface area contributed by atoms with Crippen LogP contribution >= 0.6 is 34.7 Å². The SMILES string of the molecule is COCCNc1nnc(SCC(=O)N(C)CC(=O)Nc2ccc(Cl)c(C(F)(F)F)c2)s1. The molecule has 0 aliphatic carbocycles. The van der Waals surface area contributed by atoms with Gasteiger partial charge in [-0.25, -0.2) is 0 Å². The Labute approximate surface area is 189 Å². The number of hydrogen-bond donors (Lipinski definition) is 2. The Morgan fingerprint density at radius 3 is 2.74 bits per heavy atom. The van der Waals surface area contributed by atoms with Gasteiger partial charge < -0.3 is 20.3 Å². The van der Waals surface area contributed by atoms with Gasteiger partial charge in [0.1, 0.15) is 0 Å². The van der Waals surface area contributed by atoms with Crippen LogP contribution in [0.3, 0.4) is 0 Å². The van der Waals surface area contributed by atoms with E-state index in [0.29, 0.717) is 22.6 Å². The lowest BCUT2D eigenvalue weighted by Crippen LogP contribution is -2.36. The van der Waals surface area contributed by atoms with Gasteiger partial charge in [-0.2, -0.15) is 13.2 Å². The standard InChI is InChI=1S/C17H19ClF3N5O3S2/c1-26(14(28)9-30-16-25-24-15(31-16)22-5-6-29-2)8-13(27)23-10-3-4-12(18)11(7-10)17(19,20)21/h3-4,7H,5-6,8-9H2,1-2H3,(H,22,24)(H,23,27). The third kappa shape index (κ3) is 8.16. The molecule has 2 N–H and O–H groups in total. The molecule has 31 heavy (non-hydrogen) atoms. The Bertz CT molecular complexity index is 913. The molecule has 1 aromatic carbocycles. The fraction of sp³-hybridized carbons (Fsp3) is 0.412. The summed E-state index contributed by atoms with van der Waals surface area (Å²) >= 11 is 8.00. The molecule has 2 amide bonds. The lowest BCUT2D eigenvalue weighted by molar-refractivity contribution is -0.137. The van der Waals surface area contributed by atoms with Crippen molar-refractivity contribution in [1.82, 2.24) is 15.1 Å². The molecule has 2 aromatic rings. The van der Waals surface area contributed by atoms with Crippen molar-refractivity contribution in [2.75, 3.05) is 50.2 Å². The topological polar surface area (TPSA) is 96.4 Å². The first-order valence-electron chi connectivity index (χ1n) is 8.70. The number of thioether (sulfide) groups is 1. The van der Waals surface area contributed by atoms with E-state index in [1.165, 1.54) is 41.1 Å². The smallest absolute Gasteiger partial charge is 0.383 e. The molecule has 0 saturated carbocycles. The van der Waals surface area contributed by atoms with Gasteiger partial charge in [-0.15, -0.1) is 10.2 Å². The molecule has 0 radical (unpaired) electrons. The minimum atomic E-state index is -4.65. The normalized spacial score (nSPS) is 11.3. The molecule has 0 atom stereocenters. The van der Waals surface area contributed by atoms with Gasteiger partial charge >= 0.3 is 6.18 Å². The van der Waals surface area contributed by atoms with E-state index in [2.05, 4.69) is 20.8 Å². The number of likely N-dealkylation sites (N-methyl/N-ethyl adjacent to an activating group) is 1. The van der Waals surface area contributed by atoms with Crippen molar-refractivity contribution in [3.8, 4) is 0 Å². The predicted octanol–water partition coefficient (Wildman–Crippen LogP) is 3.46. The Morgan fingerprint density at radius 2 is 2.06 bits per heavy atom. The number of alkyl halides is 3. The van der Waals surface area contributed by atoms with Crippen molar-refractivity contribution in [2.24, 2.45) is 0 Å². The van der Waals surface area contributed by atoms with Gasteiger partial charge in [0.15, 0.2) is 4.34 Å². The molecule has 170 valence electrons. The molecular formula is C17H19ClF3N5O3S2. The molecule has 1 heterocycles. The van der Waals surface area contributed by atoms with Gasteiger partial charge in [-0.05, 0) is 18.2 Å². The summed E-state index contributed by atoms with van der Waals surface area (Å²) in [7, 11) is 3.00. The van der Waals surface area contributed by atoms with E-state index < -0.39 is 22.7 Å². The van der Waals surface area contributed by atoms with Gasteiger partial charge in [-0.1, -0.05) is 34.7 Å². The van der Waals surface area contributed by atoms with Gasteiger partial charge in [-0.3, -0.25) is 9.59 Å². The largest absolute Gasteiger partial charge is 0.417 e. The summed E-state index contributed by atoms with van der Waals surface area (Å²) in [6, 6.07) is 3.04. The van der Waals surface area contributed by atoms with E-state index >= 15 is 0 Å². The molecule has 14 heteroatoms. The fourth-order valence-corrected chi connectivity index (χ4v) is 4.10. The Hall–Kier alpha value is -2.09. The molecule has 0 unspecified atom stereocenters. The summed E-state index contributed by atoms with van der Waals surface area (Å²) in [6.07, 6.45) is -4.65. The van der Waals surface area contributed by atoms with Gasteiger partial charge in [0.05, 0.1) is 29.5 Å². The molecule has 0 spiro atoms. The molecule has 0 bridgehead atoms. The number of carbonyl (C=O) groups is 2. The number of hydrogen-bond acceptors (Lipinski definition) is 8. The van der Waals surface area contributed by atoms with Crippen LogP contribution in [0.4, 0.5) is 24.0 Å². The van der Waals surface area contributed by atoms with Gasteiger partial charge in [0.2, 0.25) is 16.9 Å². The number of nitrogens with one attached hydrogen (secondary N) is 2.